The van der Waals surface area contributed by atoms with Crippen molar-refractivity contribution in [3.05, 3.63) is 23.5 Å². The number of hydrogen-bond acceptors (Lipinski definition) is 4. The Morgan fingerprint density at radius 3 is 2.65 bits per heavy atom. The molecular weight excluding hydrogens is 263 g/mol. The van der Waals surface area contributed by atoms with Gasteiger partial charge in [0.15, 0.2) is 11.5 Å². The number of nitrogens with one attached hydrogen (secondary N) is 1. The molecule has 1 aliphatic rings. The van der Waals surface area contributed by atoms with Crippen molar-refractivity contribution in [3.8, 4) is 17.6 Å². The van der Waals surface area contributed by atoms with Crippen molar-refractivity contribution < 1.29 is 18.7 Å². The van der Waals surface area contributed by atoms with E-state index in [-0.39, 0.29) is 23.0 Å². The third-order valence-electron chi connectivity index (χ3n) is 3.24. The van der Waals surface area contributed by atoms with E-state index < -0.39 is 17.8 Å². The number of halogens is 1. The van der Waals surface area contributed by atoms with Gasteiger partial charge in [-0.25, -0.2) is 4.39 Å². The van der Waals surface area contributed by atoms with Crippen LogP contribution in [-0.4, -0.2) is 26.2 Å². The fourth-order valence-corrected chi connectivity index (χ4v) is 2.01. The number of methoxy groups -OCH3 is 2. The molecule has 0 radical (unpaired) electrons. The summed E-state index contributed by atoms with van der Waals surface area (Å²) >= 11 is 0. The van der Waals surface area contributed by atoms with Gasteiger partial charge in [-0.1, -0.05) is 0 Å². The molecule has 0 heterocycles. The molecule has 0 spiro atoms. The van der Waals surface area contributed by atoms with E-state index >= 15 is 0 Å². The van der Waals surface area contributed by atoms with Crippen molar-refractivity contribution in [3.63, 3.8) is 0 Å². The molecule has 6 heteroatoms. The van der Waals surface area contributed by atoms with E-state index in [9.17, 15) is 9.18 Å². The van der Waals surface area contributed by atoms with Gasteiger partial charge in [-0.2, -0.15) is 5.26 Å². The second kappa shape index (κ2) is 5.78. The van der Waals surface area contributed by atoms with Crippen LogP contribution in [0.1, 0.15) is 23.2 Å². The van der Waals surface area contributed by atoms with Crippen molar-refractivity contribution in [2.45, 2.75) is 18.9 Å². The second-order valence-electron chi connectivity index (χ2n) is 4.58. The summed E-state index contributed by atoms with van der Waals surface area (Å²) in [5.41, 5.74) is -0.243. The van der Waals surface area contributed by atoms with Crippen LogP contribution in [-0.2, 0) is 0 Å². The number of amides is 1. The van der Waals surface area contributed by atoms with E-state index in [4.69, 9.17) is 14.7 Å². The number of hydrogen-bond donors (Lipinski definition) is 1. The van der Waals surface area contributed by atoms with Gasteiger partial charge in [0.1, 0.15) is 17.4 Å². The fourth-order valence-electron chi connectivity index (χ4n) is 2.01. The van der Waals surface area contributed by atoms with Crippen molar-refractivity contribution in [2.75, 3.05) is 14.2 Å². The predicted molar refractivity (Wildman–Crippen MR) is 69.1 cm³/mol. The van der Waals surface area contributed by atoms with Crippen molar-refractivity contribution in [1.29, 1.82) is 5.26 Å². The summed E-state index contributed by atoms with van der Waals surface area (Å²) in [6.45, 7) is 0. The number of benzene rings is 1. The topological polar surface area (TPSA) is 71.3 Å². The summed E-state index contributed by atoms with van der Waals surface area (Å²) in [6.07, 6.45) is 1.80. The lowest BCUT2D eigenvalue weighted by molar-refractivity contribution is 0.0933. The summed E-state index contributed by atoms with van der Waals surface area (Å²) in [5.74, 6) is -0.940. The SMILES string of the molecule is COc1ccc(F)c(C(=O)N[C@H](C#N)C2CC2)c1OC. The predicted octanol–water partition coefficient (Wildman–Crippen LogP) is 1.87. The Labute approximate surface area is 116 Å². The van der Waals surface area contributed by atoms with Crippen LogP contribution in [0.3, 0.4) is 0 Å². The zero-order valence-electron chi connectivity index (χ0n) is 11.3. The lowest BCUT2D eigenvalue weighted by Crippen LogP contribution is -2.36. The number of nitrogens with zero attached hydrogens (tertiary/aromatic N) is 1. The molecule has 1 saturated carbocycles. The molecule has 1 amide bonds. The Kier molecular flexibility index (Phi) is 4.08. The molecule has 5 nitrogen and oxygen atoms in total. The zero-order chi connectivity index (χ0) is 14.7. The maximum Gasteiger partial charge on any atom is 0.259 e. The Morgan fingerprint density at radius 1 is 1.45 bits per heavy atom. The van der Waals surface area contributed by atoms with Crippen LogP contribution < -0.4 is 14.8 Å². The average molecular weight is 278 g/mol. The molecule has 1 aromatic carbocycles. The first-order chi connectivity index (χ1) is 9.62. The summed E-state index contributed by atoms with van der Waals surface area (Å²) in [6, 6.07) is 3.94. The first-order valence-electron chi connectivity index (χ1n) is 6.23. The standard InChI is InChI=1S/C14H15FN2O3/c1-19-11-6-5-9(15)12(13(11)20-2)14(18)17-10(7-16)8-3-4-8/h5-6,8,10H,3-4H2,1-2H3,(H,17,18)/t10-/m1/s1. The molecule has 20 heavy (non-hydrogen) atoms. The van der Waals surface area contributed by atoms with Crippen LogP contribution in [0.4, 0.5) is 4.39 Å². The fraction of sp³-hybridized carbons (Fsp3) is 0.429. The van der Waals surface area contributed by atoms with E-state index in [1.807, 2.05) is 6.07 Å². The highest BCUT2D eigenvalue weighted by molar-refractivity contribution is 5.98. The highest BCUT2D eigenvalue weighted by Crippen LogP contribution is 2.35. The van der Waals surface area contributed by atoms with E-state index in [0.29, 0.717) is 0 Å². The van der Waals surface area contributed by atoms with Crippen molar-refractivity contribution >= 4 is 5.91 Å². The summed E-state index contributed by atoms with van der Waals surface area (Å²) < 4.78 is 24.0. The molecule has 1 N–H and O–H groups in total. The second-order valence-corrected chi connectivity index (χ2v) is 4.58. The summed E-state index contributed by atoms with van der Waals surface area (Å²) in [5, 5.41) is 11.6. The smallest absolute Gasteiger partial charge is 0.259 e. The Balaban J connectivity index is 2.31. The first-order valence-corrected chi connectivity index (χ1v) is 6.23. The quantitative estimate of drug-likeness (QED) is 0.892. The number of rotatable bonds is 5. The third-order valence-corrected chi connectivity index (χ3v) is 3.24. The number of carbonyl (C=O) groups is 1. The molecule has 106 valence electrons. The van der Waals surface area contributed by atoms with Gasteiger partial charge in [-0.15, -0.1) is 0 Å². The normalized spacial score (nSPS) is 15.1. The Morgan fingerprint density at radius 2 is 2.15 bits per heavy atom. The molecule has 0 aromatic heterocycles. The van der Waals surface area contributed by atoms with Crippen LogP contribution in [0.5, 0.6) is 11.5 Å². The lowest BCUT2D eigenvalue weighted by Gasteiger charge is -2.15. The van der Waals surface area contributed by atoms with Crippen LogP contribution in [0.25, 0.3) is 0 Å². The largest absolute Gasteiger partial charge is 0.493 e. The minimum absolute atomic E-state index is 0.0255. The molecule has 0 saturated heterocycles. The molecule has 1 aliphatic carbocycles. The van der Waals surface area contributed by atoms with E-state index in [0.717, 1.165) is 18.9 Å². The number of ether oxygens (including phenoxy) is 2. The molecule has 1 aromatic rings. The van der Waals surface area contributed by atoms with E-state index in [1.54, 1.807) is 0 Å². The number of nitriles is 1. The highest BCUT2D eigenvalue weighted by atomic mass is 19.1. The van der Waals surface area contributed by atoms with Crippen molar-refractivity contribution in [2.24, 2.45) is 5.92 Å². The van der Waals surface area contributed by atoms with E-state index in [2.05, 4.69) is 5.32 Å². The number of carbonyl (C=O) groups excluding carboxylic acids is 1. The molecule has 1 fully saturated rings. The van der Waals surface area contributed by atoms with Gasteiger partial charge >= 0.3 is 0 Å². The first kappa shape index (κ1) is 14.1. The molecular formula is C14H15FN2O3. The maximum absolute atomic E-state index is 13.9. The molecule has 0 aliphatic heterocycles. The Bertz CT molecular complexity index is 564. The van der Waals surface area contributed by atoms with Crippen LogP contribution >= 0.6 is 0 Å². The minimum Gasteiger partial charge on any atom is -0.493 e. The van der Waals surface area contributed by atoms with Crippen molar-refractivity contribution in [1.82, 2.24) is 5.32 Å². The van der Waals surface area contributed by atoms with Gasteiger partial charge in [-0.05, 0) is 30.9 Å². The van der Waals surface area contributed by atoms with Gasteiger partial charge in [-0.3, -0.25) is 4.79 Å². The zero-order valence-corrected chi connectivity index (χ0v) is 11.3. The molecule has 0 bridgehead atoms. The van der Waals surface area contributed by atoms with Gasteiger partial charge in [0.05, 0.1) is 20.3 Å². The van der Waals surface area contributed by atoms with Crippen LogP contribution in [0.15, 0.2) is 12.1 Å². The summed E-state index contributed by atoms with van der Waals surface area (Å²) in [7, 11) is 2.73. The van der Waals surface area contributed by atoms with Gasteiger partial charge in [0.2, 0.25) is 0 Å². The summed E-state index contributed by atoms with van der Waals surface area (Å²) in [4.78, 5) is 12.2. The third kappa shape index (κ3) is 2.67. The van der Waals surface area contributed by atoms with E-state index in [1.165, 1.54) is 20.3 Å². The van der Waals surface area contributed by atoms with Gasteiger partial charge < -0.3 is 14.8 Å². The van der Waals surface area contributed by atoms with Crippen LogP contribution in [0, 0.1) is 23.1 Å². The lowest BCUT2D eigenvalue weighted by atomic mass is 10.1. The molecule has 2 rings (SSSR count). The monoisotopic (exact) mass is 278 g/mol. The van der Waals surface area contributed by atoms with Crippen LogP contribution in [0.2, 0.25) is 0 Å². The average Bonchev–Trinajstić information content (AvgIpc) is 3.28. The maximum atomic E-state index is 13.9. The Hall–Kier alpha value is -2.29. The molecule has 1 atom stereocenters. The van der Waals surface area contributed by atoms with Gasteiger partial charge in [0.25, 0.3) is 5.91 Å². The minimum atomic E-state index is -0.715. The van der Waals surface area contributed by atoms with Gasteiger partial charge in [0, 0.05) is 0 Å². The highest BCUT2D eigenvalue weighted by Gasteiger charge is 2.34. The molecule has 0 unspecified atom stereocenters.